The number of amides is 1. The van der Waals surface area contributed by atoms with Gasteiger partial charge in [-0.25, -0.2) is 14.4 Å². The Labute approximate surface area is 195 Å². The summed E-state index contributed by atoms with van der Waals surface area (Å²) in [6.07, 6.45) is 1.55. The minimum absolute atomic E-state index is 0.00278. The number of hydrogen-bond acceptors (Lipinski definition) is 6. The third-order valence-electron chi connectivity index (χ3n) is 6.12. The van der Waals surface area contributed by atoms with Gasteiger partial charge in [-0.15, -0.1) is 11.3 Å². The van der Waals surface area contributed by atoms with E-state index in [0.717, 1.165) is 27.3 Å². The first-order chi connectivity index (χ1) is 16.0. The molecule has 0 N–H and O–H groups in total. The number of thiophene rings is 1. The molecular formula is C25H24FN5OS. The van der Waals surface area contributed by atoms with Crippen molar-refractivity contribution in [2.75, 3.05) is 43.0 Å². The molecule has 8 heteroatoms. The number of piperazine rings is 1. The SMILES string of the molecule is Cc1c(C(=O)N2CCN(c3ccccc3F)CC2)sc2ncnc(N(C)c3ccccc3)c12. The van der Waals surface area contributed by atoms with Gasteiger partial charge in [0.15, 0.2) is 0 Å². The van der Waals surface area contributed by atoms with Crippen LogP contribution in [0.3, 0.4) is 0 Å². The molecule has 1 aliphatic rings. The maximum atomic E-state index is 14.2. The number of aryl methyl sites for hydroxylation is 1. The molecule has 0 aliphatic carbocycles. The summed E-state index contributed by atoms with van der Waals surface area (Å²) in [7, 11) is 1.97. The molecule has 0 atom stereocenters. The number of benzene rings is 2. The fourth-order valence-corrected chi connectivity index (χ4v) is 5.40. The van der Waals surface area contributed by atoms with Crippen molar-refractivity contribution in [1.29, 1.82) is 0 Å². The standard InChI is InChI=1S/C25H24FN5OS/c1-17-21-23(29(2)18-8-4-3-5-9-18)27-16-28-24(21)33-22(17)25(32)31-14-12-30(13-15-31)20-11-7-6-10-19(20)26/h3-11,16H,12-15H2,1-2H3. The molecule has 6 nitrogen and oxygen atoms in total. The molecule has 5 rings (SSSR count). The highest BCUT2D eigenvalue weighted by Gasteiger charge is 2.28. The monoisotopic (exact) mass is 461 g/mol. The van der Waals surface area contributed by atoms with Crippen LogP contribution in [0, 0.1) is 12.7 Å². The van der Waals surface area contributed by atoms with Crippen LogP contribution in [0.2, 0.25) is 0 Å². The lowest BCUT2D eigenvalue weighted by molar-refractivity contribution is 0.0751. The molecule has 2 aromatic carbocycles. The van der Waals surface area contributed by atoms with Crippen LogP contribution in [-0.4, -0.2) is 54.0 Å². The van der Waals surface area contributed by atoms with Crippen LogP contribution < -0.4 is 9.80 Å². The molecule has 168 valence electrons. The zero-order valence-corrected chi connectivity index (χ0v) is 19.3. The number of anilines is 3. The van der Waals surface area contributed by atoms with Crippen molar-refractivity contribution in [3.63, 3.8) is 0 Å². The van der Waals surface area contributed by atoms with E-state index in [1.165, 1.54) is 17.4 Å². The second-order valence-corrected chi connectivity index (χ2v) is 9.06. The van der Waals surface area contributed by atoms with Crippen molar-refractivity contribution in [1.82, 2.24) is 14.9 Å². The Kier molecular flexibility index (Phi) is 5.68. The van der Waals surface area contributed by atoms with E-state index in [1.807, 2.05) is 65.1 Å². The maximum absolute atomic E-state index is 14.2. The van der Waals surface area contributed by atoms with Crippen LogP contribution in [0.5, 0.6) is 0 Å². The van der Waals surface area contributed by atoms with E-state index in [0.29, 0.717) is 36.7 Å². The molecule has 2 aromatic heterocycles. The van der Waals surface area contributed by atoms with Gasteiger partial charge in [0.25, 0.3) is 5.91 Å². The first-order valence-corrected chi connectivity index (χ1v) is 11.7. The van der Waals surface area contributed by atoms with Crippen molar-refractivity contribution in [3.05, 3.63) is 77.2 Å². The first-order valence-electron chi connectivity index (χ1n) is 10.9. The van der Waals surface area contributed by atoms with Gasteiger partial charge >= 0.3 is 0 Å². The summed E-state index contributed by atoms with van der Waals surface area (Å²) in [4.78, 5) is 29.8. The van der Waals surface area contributed by atoms with Gasteiger partial charge in [-0.1, -0.05) is 30.3 Å². The van der Waals surface area contributed by atoms with Crippen molar-refractivity contribution in [2.24, 2.45) is 0 Å². The fraction of sp³-hybridized carbons (Fsp3) is 0.240. The number of rotatable bonds is 4. The Morgan fingerprint density at radius 1 is 1.00 bits per heavy atom. The summed E-state index contributed by atoms with van der Waals surface area (Å²) in [5, 5.41) is 0.905. The summed E-state index contributed by atoms with van der Waals surface area (Å²) < 4.78 is 14.2. The topological polar surface area (TPSA) is 52.6 Å². The Morgan fingerprint density at radius 2 is 1.70 bits per heavy atom. The second kappa shape index (κ2) is 8.78. The number of fused-ring (bicyclic) bond motifs is 1. The summed E-state index contributed by atoms with van der Waals surface area (Å²) in [6.45, 7) is 4.25. The molecule has 0 bridgehead atoms. The summed E-state index contributed by atoms with van der Waals surface area (Å²) in [6, 6.07) is 16.8. The van der Waals surface area contributed by atoms with Gasteiger partial charge < -0.3 is 14.7 Å². The van der Waals surface area contributed by atoms with Gasteiger partial charge in [-0.05, 0) is 36.8 Å². The van der Waals surface area contributed by atoms with E-state index < -0.39 is 0 Å². The molecule has 3 heterocycles. The average Bonchev–Trinajstić information content (AvgIpc) is 3.21. The largest absolute Gasteiger partial charge is 0.366 e. The summed E-state index contributed by atoms with van der Waals surface area (Å²) in [5.41, 5.74) is 2.50. The summed E-state index contributed by atoms with van der Waals surface area (Å²) in [5.74, 6) is 0.548. The van der Waals surface area contributed by atoms with E-state index in [4.69, 9.17) is 0 Å². The van der Waals surface area contributed by atoms with Gasteiger partial charge in [0.1, 0.15) is 22.8 Å². The van der Waals surface area contributed by atoms with E-state index in [1.54, 1.807) is 18.5 Å². The predicted molar refractivity (Wildman–Crippen MR) is 131 cm³/mol. The molecule has 1 fully saturated rings. The zero-order chi connectivity index (χ0) is 22.9. The van der Waals surface area contributed by atoms with Gasteiger partial charge in [0, 0.05) is 38.9 Å². The molecular weight excluding hydrogens is 437 g/mol. The molecule has 1 aliphatic heterocycles. The number of carbonyl (C=O) groups excluding carboxylic acids is 1. The molecule has 0 saturated carbocycles. The van der Waals surface area contributed by atoms with Crippen molar-refractivity contribution in [2.45, 2.75) is 6.92 Å². The smallest absolute Gasteiger partial charge is 0.264 e. The zero-order valence-electron chi connectivity index (χ0n) is 18.5. The molecule has 1 saturated heterocycles. The molecule has 4 aromatic rings. The van der Waals surface area contributed by atoms with Gasteiger partial charge in [0.2, 0.25) is 0 Å². The minimum atomic E-state index is -0.230. The van der Waals surface area contributed by atoms with Crippen LogP contribution in [0.15, 0.2) is 60.9 Å². The lowest BCUT2D eigenvalue weighted by Crippen LogP contribution is -2.49. The van der Waals surface area contributed by atoms with Gasteiger partial charge in [0.05, 0.1) is 16.0 Å². The number of halogens is 1. The fourth-order valence-electron chi connectivity index (χ4n) is 4.29. The van der Waals surface area contributed by atoms with E-state index in [9.17, 15) is 9.18 Å². The average molecular weight is 462 g/mol. The Balaban J connectivity index is 1.40. The maximum Gasteiger partial charge on any atom is 0.264 e. The van der Waals surface area contributed by atoms with Crippen LogP contribution >= 0.6 is 11.3 Å². The van der Waals surface area contributed by atoms with Gasteiger partial charge in [-0.3, -0.25) is 4.79 Å². The Hall–Kier alpha value is -3.52. The first kappa shape index (κ1) is 21.3. The van der Waals surface area contributed by atoms with Crippen molar-refractivity contribution >= 4 is 44.7 Å². The van der Waals surface area contributed by atoms with E-state index in [-0.39, 0.29) is 11.7 Å². The number of carbonyl (C=O) groups is 1. The quantitative estimate of drug-likeness (QED) is 0.434. The van der Waals surface area contributed by atoms with Crippen LogP contribution in [-0.2, 0) is 0 Å². The lowest BCUT2D eigenvalue weighted by Gasteiger charge is -2.36. The van der Waals surface area contributed by atoms with Crippen LogP contribution in [0.1, 0.15) is 15.2 Å². The van der Waals surface area contributed by atoms with E-state index >= 15 is 0 Å². The van der Waals surface area contributed by atoms with Crippen LogP contribution in [0.4, 0.5) is 21.6 Å². The Bertz CT molecular complexity index is 1300. The molecule has 0 radical (unpaired) electrons. The van der Waals surface area contributed by atoms with Crippen LogP contribution in [0.25, 0.3) is 10.2 Å². The third-order valence-corrected chi connectivity index (χ3v) is 7.31. The third kappa shape index (κ3) is 3.91. The molecule has 33 heavy (non-hydrogen) atoms. The van der Waals surface area contributed by atoms with Gasteiger partial charge in [-0.2, -0.15) is 0 Å². The normalized spacial score (nSPS) is 14.0. The predicted octanol–water partition coefficient (Wildman–Crippen LogP) is 4.87. The minimum Gasteiger partial charge on any atom is -0.366 e. The number of aromatic nitrogens is 2. The summed E-state index contributed by atoms with van der Waals surface area (Å²) >= 11 is 1.41. The highest BCUT2D eigenvalue weighted by atomic mass is 32.1. The second-order valence-electron chi connectivity index (χ2n) is 8.06. The van der Waals surface area contributed by atoms with Crippen molar-refractivity contribution in [3.8, 4) is 0 Å². The number of hydrogen-bond donors (Lipinski definition) is 0. The number of para-hydroxylation sites is 2. The molecule has 1 amide bonds. The highest BCUT2D eigenvalue weighted by molar-refractivity contribution is 7.20. The van der Waals surface area contributed by atoms with Crippen molar-refractivity contribution < 1.29 is 9.18 Å². The lowest BCUT2D eigenvalue weighted by atomic mass is 10.1. The molecule has 0 spiro atoms. The van der Waals surface area contributed by atoms with E-state index in [2.05, 4.69) is 9.97 Å². The number of nitrogens with zero attached hydrogens (tertiary/aromatic N) is 5. The molecule has 0 unspecified atom stereocenters. The Morgan fingerprint density at radius 3 is 2.42 bits per heavy atom. The highest BCUT2D eigenvalue weighted by Crippen LogP contribution is 2.37.